The average molecular weight is 500 g/mol. The highest BCUT2D eigenvalue weighted by Crippen LogP contribution is 2.35. The van der Waals surface area contributed by atoms with Crippen molar-refractivity contribution in [3.8, 4) is 5.75 Å². The molecule has 1 aromatic carbocycles. The number of aliphatic imine (C=N–C) groups is 1. The zero-order valence-corrected chi connectivity index (χ0v) is 18.8. The number of hydrogen-bond donors (Lipinski definition) is 6. The van der Waals surface area contributed by atoms with Gasteiger partial charge in [0, 0.05) is 29.1 Å². The number of nitrogens with zero attached hydrogens (tertiary/aromatic N) is 1. The van der Waals surface area contributed by atoms with Crippen molar-refractivity contribution in [2.45, 2.75) is 5.92 Å². The zero-order valence-electron chi connectivity index (χ0n) is 16.4. The van der Waals surface area contributed by atoms with Gasteiger partial charge in [-0.15, -0.1) is 11.3 Å². The summed E-state index contributed by atoms with van der Waals surface area (Å²) in [5.74, 6) is -3.42. The fourth-order valence-electron chi connectivity index (χ4n) is 2.85. The Balaban J connectivity index is 1.52. The first-order chi connectivity index (χ1) is 15.2. The molecule has 0 spiro atoms. The van der Waals surface area contributed by atoms with Crippen molar-refractivity contribution in [3.05, 3.63) is 44.1 Å². The van der Waals surface area contributed by atoms with Crippen molar-refractivity contribution in [3.63, 3.8) is 0 Å². The molecule has 2 heterocycles. The third-order valence-electron chi connectivity index (χ3n) is 4.40. The summed E-state index contributed by atoms with van der Waals surface area (Å²) >= 11 is 12.9. The number of thiophene rings is 1. The number of aliphatic carboxylic acids is 1. The lowest BCUT2D eigenvalue weighted by atomic mass is 9.98. The third kappa shape index (κ3) is 6.02. The van der Waals surface area contributed by atoms with Gasteiger partial charge in [-0.2, -0.15) is 0 Å². The molecule has 170 valence electrons. The Hall–Kier alpha value is -3.02. The average Bonchev–Trinajstić information content (AvgIpc) is 3.42. The number of amides is 2. The summed E-state index contributed by atoms with van der Waals surface area (Å²) in [7, 11) is 0. The smallest absolute Gasteiger partial charge is 0.312 e. The van der Waals surface area contributed by atoms with Gasteiger partial charge in [-0.05, 0) is 18.2 Å². The van der Waals surface area contributed by atoms with Gasteiger partial charge < -0.3 is 31.5 Å². The maximum absolute atomic E-state index is 12.3. The summed E-state index contributed by atoms with van der Waals surface area (Å²) in [5.41, 5.74) is 0.668. The van der Waals surface area contributed by atoms with Gasteiger partial charge >= 0.3 is 5.97 Å². The van der Waals surface area contributed by atoms with Crippen molar-refractivity contribution < 1.29 is 24.6 Å². The lowest BCUT2D eigenvalue weighted by molar-refractivity contribution is -0.138. The number of carboxylic acids is 1. The fourth-order valence-corrected chi connectivity index (χ4v) is 4.11. The topological polar surface area (TPSA) is 152 Å². The quantitative estimate of drug-likeness (QED) is 0.324. The number of nitrogens with one attached hydrogen (secondary N) is 4. The largest absolute Gasteiger partial charge is 0.506 e. The van der Waals surface area contributed by atoms with E-state index >= 15 is 0 Å². The van der Waals surface area contributed by atoms with Gasteiger partial charge in [0.1, 0.15) is 11.7 Å². The van der Waals surface area contributed by atoms with E-state index in [9.17, 15) is 24.6 Å². The van der Waals surface area contributed by atoms with Crippen LogP contribution >= 0.6 is 34.5 Å². The summed E-state index contributed by atoms with van der Waals surface area (Å²) in [6, 6.07) is 4.18. The third-order valence-corrected chi connectivity index (χ3v) is 5.84. The molecule has 3 rings (SSSR count). The molecule has 32 heavy (non-hydrogen) atoms. The van der Waals surface area contributed by atoms with Crippen LogP contribution in [0, 0.1) is 0 Å². The predicted octanol–water partition coefficient (Wildman–Crippen LogP) is 1.85. The van der Waals surface area contributed by atoms with Crippen LogP contribution in [-0.2, 0) is 9.59 Å². The Morgan fingerprint density at radius 2 is 2.00 bits per heavy atom. The second-order valence-electron chi connectivity index (χ2n) is 6.68. The van der Waals surface area contributed by atoms with Crippen LogP contribution in [0.2, 0.25) is 10.0 Å². The van der Waals surface area contributed by atoms with Gasteiger partial charge in [-0.1, -0.05) is 23.2 Å². The predicted molar refractivity (Wildman–Crippen MR) is 122 cm³/mol. The molecule has 1 atom stereocenters. The minimum absolute atomic E-state index is 0.0284. The summed E-state index contributed by atoms with van der Waals surface area (Å²) in [6.07, 6.45) is 0. The molecule has 2 aromatic rings. The standard InChI is InChI=1S/C19H19Cl2N5O5S/c20-9-3-11(16(28)13(21)4-9)12(18(30)31)6-24-15(27)7-25-17(29)14-5-10(8-32-14)26-19-22-1-2-23-19/h3-5,8,12,28H,1-2,6-7H2,(H,24,27)(H,25,29)(H,30,31)(H2,22,23,26). The summed E-state index contributed by atoms with van der Waals surface area (Å²) in [4.78, 5) is 40.6. The summed E-state index contributed by atoms with van der Waals surface area (Å²) in [6.45, 7) is 0.738. The van der Waals surface area contributed by atoms with E-state index in [1.807, 2.05) is 0 Å². The number of aromatic hydroxyl groups is 1. The van der Waals surface area contributed by atoms with Crippen LogP contribution in [-0.4, -0.2) is 60.1 Å². The van der Waals surface area contributed by atoms with Gasteiger partial charge in [0.25, 0.3) is 5.91 Å². The number of anilines is 1. The lowest BCUT2D eigenvalue weighted by Gasteiger charge is -2.16. The summed E-state index contributed by atoms with van der Waals surface area (Å²) in [5, 5.41) is 32.3. The number of carbonyl (C=O) groups excluding carboxylic acids is 2. The van der Waals surface area contributed by atoms with Gasteiger partial charge in [0.2, 0.25) is 5.91 Å². The van der Waals surface area contributed by atoms with Crippen LogP contribution in [0.4, 0.5) is 5.69 Å². The molecule has 10 nitrogen and oxygen atoms in total. The molecule has 0 saturated heterocycles. The molecule has 0 saturated carbocycles. The van der Waals surface area contributed by atoms with Crippen LogP contribution in [0.25, 0.3) is 0 Å². The number of carboxylic acid groups (broad SMARTS) is 1. The molecule has 0 bridgehead atoms. The highest BCUT2D eigenvalue weighted by molar-refractivity contribution is 7.12. The molecule has 1 aromatic heterocycles. The molecule has 6 N–H and O–H groups in total. The molecular formula is C19H19Cl2N5O5S. The van der Waals surface area contributed by atoms with E-state index in [4.69, 9.17) is 23.2 Å². The molecule has 1 aliphatic heterocycles. The first-order valence-electron chi connectivity index (χ1n) is 9.34. The minimum Gasteiger partial charge on any atom is -0.506 e. The molecule has 1 unspecified atom stereocenters. The number of halogens is 2. The minimum atomic E-state index is -1.29. The summed E-state index contributed by atoms with van der Waals surface area (Å²) < 4.78 is 0. The number of carbonyl (C=O) groups is 3. The monoisotopic (exact) mass is 499 g/mol. The number of guanidine groups is 1. The van der Waals surface area contributed by atoms with E-state index in [2.05, 4.69) is 26.3 Å². The molecule has 0 fully saturated rings. The highest BCUT2D eigenvalue weighted by atomic mass is 35.5. The second-order valence-corrected chi connectivity index (χ2v) is 8.44. The van der Waals surface area contributed by atoms with E-state index in [1.165, 1.54) is 23.5 Å². The first kappa shape index (κ1) is 23.6. The Morgan fingerprint density at radius 1 is 1.22 bits per heavy atom. The Kier molecular flexibility index (Phi) is 7.78. The van der Waals surface area contributed by atoms with Crippen LogP contribution in [0.15, 0.2) is 28.6 Å². The fraction of sp³-hybridized carbons (Fsp3) is 0.263. The van der Waals surface area contributed by atoms with Gasteiger partial charge in [-0.25, -0.2) is 0 Å². The molecule has 2 amide bonds. The molecule has 1 aliphatic rings. The van der Waals surface area contributed by atoms with E-state index < -0.39 is 29.5 Å². The van der Waals surface area contributed by atoms with Crippen LogP contribution in [0.5, 0.6) is 5.75 Å². The van der Waals surface area contributed by atoms with Crippen molar-refractivity contribution in [1.29, 1.82) is 0 Å². The number of benzene rings is 1. The highest BCUT2D eigenvalue weighted by Gasteiger charge is 2.25. The maximum Gasteiger partial charge on any atom is 0.312 e. The molecule has 0 aliphatic carbocycles. The van der Waals surface area contributed by atoms with Gasteiger partial charge in [-0.3, -0.25) is 19.4 Å². The van der Waals surface area contributed by atoms with E-state index in [0.717, 1.165) is 6.54 Å². The maximum atomic E-state index is 12.3. The SMILES string of the molecule is O=C(CNC(=O)c1cc(NC2=NCCN2)cs1)NCC(C(=O)O)c1cc(Cl)cc(Cl)c1O. The Morgan fingerprint density at radius 3 is 2.69 bits per heavy atom. The van der Waals surface area contributed by atoms with Crippen molar-refractivity contribution in [1.82, 2.24) is 16.0 Å². The van der Waals surface area contributed by atoms with E-state index in [1.54, 1.807) is 11.4 Å². The molecular weight excluding hydrogens is 481 g/mol. The first-order valence-corrected chi connectivity index (χ1v) is 11.0. The van der Waals surface area contributed by atoms with Gasteiger partial charge in [0.05, 0.1) is 28.7 Å². The van der Waals surface area contributed by atoms with Crippen molar-refractivity contribution in [2.75, 3.05) is 31.5 Å². The van der Waals surface area contributed by atoms with Crippen molar-refractivity contribution in [2.24, 2.45) is 4.99 Å². The van der Waals surface area contributed by atoms with Crippen LogP contribution in [0.1, 0.15) is 21.2 Å². The van der Waals surface area contributed by atoms with E-state index in [-0.39, 0.29) is 28.7 Å². The molecule has 13 heteroatoms. The number of rotatable bonds is 8. The van der Waals surface area contributed by atoms with Gasteiger partial charge in [0.15, 0.2) is 5.96 Å². The van der Waals surface area contributed by atoms with Crippen molar-refractivity contribution >= 4 is 64.0 Å². The number of phenolic OH excluding ortho intramolecular Hbond substituents is 1. The number of hydrogen-bond acceptors (Lipinski definition) is 8. The van der Waals surface area contributed by atoms with Crippen LogP contribution in [0.3, 0.4) is 0 Å². The lowest BCUT2D eigenvalue weighted by Crippen LogP contribution is -2.39. The number of phenols is 1. The van der Waals surface area contributed by atoms with E-state index in [0.29, 0.717) is 23.1 Å². The second kappa shape index (κ2) is 10.5. The van der Waals surface area contributed by atoms with Crippen LogP contribution < -0.4 is 21.3 Å². The zero-order chi connectivity index (χ0) is 23.3. The normalized spacial score (nSPS) is 13.6. The Labute approximate surface area is 196 Å². The molecule has 0 radical (unpaired) electrons. The Bertz CT molecular complexity index is 1070.